The summed E-state index contributed by atoms with van der Waals surface area (Å²) < 4.78 is 11.2. The van der Waals surface area contributed by atoms with Gasteiger partial charge >= 0.3 is 6.01 Å². The third-order valence-corrected chi connectivity index (χ3v) is 3.57. The Morgan fingerprint density at radius 2 is 2.05 bits per heavy atom. The highest BCUT2D eigenvalue weighted by Gasteiger charge is 2.37. The van der Waals surface area contributed by atoms with Gasteiger partial charge < -0.3 is 20.1 Å². The van der Waals surface area contributed by atoms with Crippen molar-refractivity contribution in [3.8, 4) is 6.01 Å². The number of rotatable bonds is 6. The van der Waals surface area contributed by atoms with Crippen LogP contribution >= 0.6 is 0 Å². The van der Waals surface area contributed by atoms with Crippen molar-refractivity contribution < 1.29 is 9.47 Å². The summed E-state index contributed by atoms with van der Waals surface area (Å²) in [4.78, 5) is 13.0. The van der Waals surface area contributed by atoms with Crippen LogP contribution in [0.25, 0.3) is 0 Å². The smallest absolute Gasteiger partial charge is 0.323 e. The molecule has 0 aliphatic carbocycles. The molecular weight excluding hydrogens is 270 g/mol. The van der Waals surface area contributed by atoms with Crippen LogP contribution in [0.3, 0.4) is 0 Å². The van der Waals surface area contributed by atoms with E-state index in [1.54, 1.807) is 0 Å². The van der Waals surface area contributed by atoms with Crippen molar-refractivity contribution in [3.63, 3.8) is 0 Å². The summed E-state index contributed by atoms with van der Waals surface area (Å²) in [6, 6.07) is 0.327. The second-order valence-corrected chi connectivity index (χ2v) is 5.77. The molecule has 1 aliphatic rings. The number of hydrogen-bond donors (Lipinski definition) is 2. The lowest BCUT2D eigenvalue weighted by Crippen LogP contribution is -2.41. The fourth-order valence-electron chi connectivity index (χ4n) is 2.17. The highest BCUT2D eigenvalue weighted by Crippen LogP contribution is 2.29. The molecule has 0 radical (unpaired) electrons. The molecule has 21 heavy (non-hydrogen) atoms. The molecule has 2 atom stereocenters. The zero-order valence-corrected chi connectivity index (χ0v) is 13.4. The van der Waals surface area contributed by atoms with Crippen molar-refractivity contribution in [1.29, 1.82) is 0 Å². The topological polar surface area (TPSA) is 81.2 Å². The van der Waals surface area contributed by atoms with Crippen molar-refractivity contribution in [2.24, 2.45) is 0 Å². The summed E-state index contributed by atoms with van der Waals surface area (Å²) in [5, 5.41) is 6.47. The molecule has 0 aromatic carbocycles. The van der Waals surface area contributed by atoms with Gasteiger partial charge in [-0.05, 0) is 41.0 Å². The van der Waals surface area contributed by atoms with Crippen LogP contribution in [-0.4, -0.2) is 45.9 Å². The standard InChI is InChI=1S/C14H25N5O2/c1-6-15-11-16-12(18-13(17-11)21-9(2)3)19-14(5)7-8-20-10(14)4/h9-10H,6-8H2,1-5H3,(H2,15,16,17,18,19). The normalized spacial score (nSPS) is 25.1. The zero-order chi connectivity index (χ0) is 15.5. The summed E-state index contributed by atoms with van der Waals surface area (Å²) in [5.74, 6) is 1.03. The maximum Gasteiger partial charge on any atom is 0.323 e. The predicted molar refractivity (Wildman–Crippen MR) is 81.8 cm³/mol. The van der Waals surface area contributed by atoms with Gasteiger partial charge in [-0.2, -0.15) is 15.0 Å². The molecule has 0 spiro atoms. The van der Waals surface area contributed by atoms with Gasteiger partial charge in [-0.3, -0.25) is 0 Å². The highest BCUT2D eigenvalue weighted by molar-refractivity contribution is 5.38. The number of aromatic nitrogens is 3. The van der Waals surface area contributed by atoms with Crippen LogP contribution < -0.4 is 15.4 Å². The van der Waals surface area contributed by atoms with Crippen molar-refractivity contribution in [2.45, 2.75) is 58.8 Å². The van der Waals surface area contributed by atoms with Gasteiger partial charge in [0.1, 0.15) is 0 Å². The molecule has 1 fully saturated rings. The zero-order valence-electron chi connectivity index (χ0n) is 13.4. The first-order chi connectivity index (χ1) is 9.93. The summed E-state index contributed by atoms with van der Waals surface area (Å²) in [6.45, 7) is 11.5. The third-order valence-electron chi connectivity index (χ3n) is 3.57. The molecule has 2 heterocycles. The Bertz CT molecular complexity index is 482. The van der Waals surface area contributed by atoms with E-state index in [1.807, 2.05) is 20.8 Å². The summed E-state index contributed by atoms with van der Waals surface area (Å²) >= 11 is 0. The highest BCUT2D eigenvalue weighted by atomic mass is 16.5. The minimum absolute atomic E-state index is 0.0130. The van der Waals surface area contributed by atoms with Crippen molar-refractivity contribution in [1.82, 2.24) is 15.0 Å². The van der Waals surface area contributed by atoms with Crippen LogP contribution in [-0.2, 0) is 4.74 Å². The van der Waals surface area contributed by atoms with Gasteiger partial charge in [-0.25, -0.2) is 0 Å². The SMILES string of the molecule is CCNc1nc(NC2(C)CCOC2C)nc(OC(C)C)n1. The first-order valence-electron chi connectivity index (χ1n) is 7.49. The average molecular weight is 295 g/mol. The van der Waals surface area contributed by atoms with Gasteiger partial charge in [0.25, 0.3) is 0 Å². The van der Waals surface area contributed by atoms with Crippen LogP contribution in [0.1, 0.15) is 41.0 Å². The van der Waals surface area contributed by atoms with Crippen LogP contribution in [0.15, 0.2) is 0 Å². The lowest BCUT2D eigenvalue weighted by molar-refractivity contribution is 0.105. The average Bonchev–Trinajstić information content (AvgIpc) is 2.68. The lowest BCUT2D eigenvalue weighted by atomic mass is 9.95. The van der Waals surface area contributed by atoms with E-state index in [2.05, 4.69) is 39.4 Å². The number of hydrogen-bond acceptors (Lipinski definition) is 7. The van der Waals surface area contributed by atoms with E-state index in [0.29, 0.717) is 17.9 Å². The quantitative estimate of drug-likeness (QED) is 0.831. The molecule has 0 bridgehead atoms. The van der Waals surface area contributed by atoms with Crippen molar-refractivity contribution in [2.75, 3.05) is 23.8 Å². The minimum Gasteiger partial charge on any atom is -0.461 e. The molecule has 1 saturated heterocycles. The number of nitrogens with one attached hydrogen (secondary N) is 2. The summed E-state index contributed by atoms with van der Waals surface area (Å²) in [5.41, 5.74) is -0.181. The Balaban J connectivity index is 2.22. The van der Waals surface area contributed by atoms with Crippen LogP contribution in [0.2, 0.25) is 0 Å². The summed E-state index contributed by atoms with van der Waals surface area (Å²) in [6.07, 6.45) is 1.03. The molecule has 1 aromatic heterocycles. The van der Waals surface area contributed by atoms with Gasteiger partial charge in [0, 0.05) is 13.2 Å². The maximum absolute atomic E-state index is 5.63. The first kappa shape index (κ1) is 15.8. The van der Waals surface area contributed by atoms with Gasteiger partial charge in [-0.1, -0.05) is 0 Å². The van der Waals surface area contributed by atoms with Gasteiger partial charge in [-0.15, -0.1) is 0 Å². The lowest BCUT2D eigenvalue weighted by Gasteiger charge is -2.29. The monoisotopic (exact) mass is 295 g/mol. The number of ether oxygens (including phenoxy) is 2. The van der Waals surface area contributed by atoms with E-state index in [9.17, 15) is 0 Å². The van der Waals surface area contributed by atoms with Crippen LogP contribution in [0.5, 0.6) is 6.01 Å². The Hall–Kier alpha value is -1.63. The van der Waals surface area contributed by atoms with E-state index in [0.717, 1.165) is 19.6 Å². The second kappa shape index (κ2) is 6.43. The Morgan fingerprint density at radius 1 is 1.33 bits per heavy atom. The van der Waals surface area contributed by atoms with Crippen molar-refractivity contribution >= 4 is 11.9 Å². The van der Waals surface area contributed by atoms with E-state index >= 15 is 0 Å². The van der Waals surface area contributed by atoms with E-state index in [-0.39, 0.29) is 17.7 Å². The van der Waals surface area contributed by atoms with E-state index in [1.165, 1.54) is 0 Å². The molecule has 1 aromatic rings. The Kier molecular flexibility index (Phi) is 4.82. The Morgan fingerprint density at radius 3 is 2.62 bits per heavy atom. The molecule has 1 aliphatic heterocycles. The number of nitrogens with zero attached hydrogens (tertiary/aromatic N) is 3. The van der Waals surface area contributed by atoms with Gasteiger partial charge in [0.2, 0.25) is 11.9 Å². The fraction of sp³-hybridized carbons (Fsp3) is 0.786. The molecule has 7 nitrogen and oxygen atoms in total. The molecule has 7 heteroatoms. The van der Waals surface area contributed by atoms with Crippen LogP contribution in [0.4, 0.5) is 11.9 Å². The third kappa shape index (κ3) is 3.93. The molecule has 2 N–H and O–H groups in total. The molecule has 118 valence electrons. The Labute approximate surface area is 125 Å². The molecule has 0 saturated carbocycles. The second-order valence-electron chi connectivity index (χ2n) is 5.77. The van der Waals surface area contributed by atoms with Gasteiger partial charge in [0.15, 0.2) is 0 Å². The maximum atomic E-state index is 5.63. The van der Waals surface area contributed by atoms with E-state index < -0.39 is 0 Å². The first-order valence-corrected chi connectivity index (χ1v) is 7.49. The fourth-order valence-corrected chi connectivity index (χ4v) is 2.17. The molecule has 0 amide bonds. The molecule has 2 unspecified atom stereocenters. The largest absolute Gasteiger partial charge is 0.461 e. The number of anilines is 2. The van der Waals surface area contributed by atoms with E-state index in [4.69, 9.17) is 9.47 Å². The summed E-state index contributed by atoms with van der Waals surface area (Å²) in [7, 11) is 0. The van der Waals surface area contributed by atoms with Crippen molar-refractivity contribution in [3.05, 3.63) is 0 Å². The molecular formula is C14H25N5O2. The van der Waals surface area contributed by atoms with Crippen LogP contribution in [0, 0.1) is 0 Å². The minimum atomic E-state index is -0.181. The van der Waals surface area contributed by atoms with Gasteiger partial charge in [0.05, 0.1) is 17.7 Å². The predicted octanol–water partition coefficient (Wildman–Crippen LogP) is 2.07. The molecule has 2 rings (SSSR count).